The Morgan fingerprint density at radius 1 is 1.33 bits per heavy atom. The number of nitrogens with zero attached hydrogens (tertiary/aromatic N) is 2. The van der Waals surface area contributed by atoms with Gasteiger partial charge >= 0.3 is 0 Å². The first kappa shape index (κ1) is 15.8. The third kappa shape index (κ3) is 3.35. The molecule has 4 nitrogen and oxygen atoms in total. The summed E-state index contributed by atoms with van der Waals surface area (Å²) in [5, 5.41) is 3.15. The summed E-state index contributed by atoms with van der Waals surface area (Å²) >= 11 is 0. The maximum atomic E-state index is 13.9. The van der Waals surface area contributed by atoms with Crippen LogP contribution in [0.25, 0.3) is 0 Å². The summed E-state index contributed by atoms with van der Waals surface area (Å²) < 4.78 is 13.9. The minimum absolute atomic E-state index is 0.0335. The van der Waals surface area contributed by atoms with Crippen LogP contribution in [0.15, 0.2) is 12.1 Å². The van der Waals surface area contributed by atoms with Crippen molar-refractivity contribution in [3.8, 4) is 0 Å². The summed E-state index contributed by atoms with van der Waals surface area (Å²) in [5.74, 6) is -0.0911. The zero-order valence-electron chi connectivity index (χ0n) is 13.2. The minimum atomic E-state index is -0.200. The van der Waals surface area contributed by atoms with E-state index in [2.05, 4.69) is 10.2 Å². The summed E-state index contributed by atoms with van der Waals surface area (Å²) in [7, 11) is 3.69. The molecule has 0 radical (unpaired) electrons. The monoisotopic (exact) mass is 293 g/mol. The second-order valence-electron chi connectivity index (χ2n) is 5.76. The molecule has 1 N–H and O–H groups in total. The average Bonchev–Trinajstić information content (AvgIpc) is 2.62. The highest BCUT2D eigenvalue weighted by molar-refractivity contribution is 5.82. The van der Waals surface area contributed by atoms with Crippen LogP contribution in [0.3, 0.4) is 0 Å². The second-order valence-corrected chi connectivity index (χ2v) is 5.76. The first-order valence-electron chi connectivity index (χ1n) is 7.40. The summed E-state index contributed by atoms with van der Waals surface area (Å²) in [5.41, 5.74) is 2.47. The van der Waals surface area contributed by atoms with Crippen LogP contribution in [0.2, 0.25) is 0 Å². The van der Waals surface area contributed by atoms with E-state index in [4.69, 9.17) is 0 Å². The number of benzene rings is 1. The fourth-order valence-electron chi connectivity index (χ4n) is 2.65. The van der Waals surface area contributed by atoms with Gasteiger partial charge in [-0.25, -0.2) is 4.39 Å². The first-order valence-corrected chi connectivity index (χ1v) is 7.40. The highest BCUT2D eigenvalue weighted by Crippen LogP contribution is 2.30. The Balaban J connectivity index is 2.41. The summed E-state index contributed by atoms with van der Waals surface area (Å²) in [6.07, 6.45) is 0.923. The first-order chi connectivity index (χ1) is 9.93. The standard InChI is InChI=1S/C16H24FN3O/c1-11-8-15(13(9-14(11)17)12(2)18-3)20-7-5-6-19(4)16(21)10-20/h8-9,12,18H,5-7,10H2,1-4H3. The number of hydrogen-bond donors (Lipinski definition) is 1. The van der Waals surface area contributed by atoms with Gasteiger partial charge in [0, 0.05) is 31.9 Å². The number of anilines is 1. The van der Waals surface area contributed by atoms with Crippen molar-refractivity contribution in [1.29, 1.82) is 0 Å². The predicted octanol–water partition coefficient (Wildman–Crippen LogP) is 2.08. The molecule has 1 saturated heterocycles. The molecule has 116 valence electrons. The molecule has 0 saturated carbocycles. The van der Waals surface area contributed by atoms with E-state index in [0.29, 0.717) is 12.1 Å². The van der Waals surface area contributed by atoms with Crippen LogP contribution < -0.4 is 10.2 Å². The number of rotatable bonds is 3. The van der Waals surface area contributed by atoms with Gasteiger partial charge < -0.3 is 15.1 Å². The van der Waals surface area contributed by atoms with E-state index in [9.17, 15) is 9.18 Å². The molecule has 1 aromatic carbocycles. The summed E-state index contributed by atoms with van der Waals surface area (Å²) in [6, 6.07) is 3.48. The summed E-state index contributed by atoms with van der Waals surface area (Å²) in [4.78, 5) is 15.9. The van der Waals surface area contributed by atoms with Crippen molar-refractivity contribution in [2.24, 2.45) is 0 Å². The molecule has 0 spiro atoms. The molecule has 1 fully saturated rings. The van der Waals surface area contributed by atoms with Gasteiger partial charge in [-0.15, -0.1) is 0 Å². The number of halogens is 1. The lowest BCUT2D eigenvalue weighted by atomic mass is 10.0. The number of amides is 1. The van der Waals surface area contributed by atoms with Crippen molar-refractivity contribution in [3.05, 3.63) is 29.1 Å². The molecular weight excluding hydrogens is 269 g/mol. The van der Waals surface area contributed by atoms with Gasteiger partial charge in [-0.05, 0) is 50.6 Å². The van der Waals surface area contributed by atoms with E-state index in [-0.39, 0.29) is 17.8 Å². The van der Waals surface area contributed by atoms with Crippen molar-refractivity contribution < 1.29 is 9.18 Å². The molecule has 1 heterocycles. The van der Waals surface area contributed by atoms with Gasteiger partial charge in [-0.3, -0.25) is 4.79 Å². The van der Waals surface area contributed by atoms with E-state index in [1.807, 2.05) is 27.1 Å². The van der Waals surface area contributed by atoms with Crippen LogP contribution in [0, 0.1) is 12.7 Å². The number of hydrogen-bond acceptors (Lipinski definition) is 3. The molecular formula is C16H24FN3O. The van der Waals surface area contributed by atoms with Crippen molar-refractivity contribution >= 4 is 11.6 Å². The smallest absolute Gasteiger partial charge is 0.241 e. The van der Waals surface area contributed by atoms with Crippen molar-refractivity contribution in [2.45, 2.75) is 26.3 Å². The number of nitrogens with one attached hydrogen (secondary N) is 1. The van der Waals surface area contributed by atoms with Gasteiger partial charge in [-0.1, -0.05) is 0 Å². The lowest BCUT2D eigenvalue weighted by Gasteiger charge is -2.27. The highest BCUT2D eigenvalue weighted by Gasteiger charge is 2.23. The molecule has 1 atom stereocenters. The number of likely N-dealkylation sites (N-methyl/N-ethyl adjacent to an activating group) is 1. The van der Waals surface area contributed by atoms with Crippen molar-refractivity contribution in [2.75, 3.05) is 38.6 Å². The fourth-order valence-corrected chi connectivity index (χ4v) is 2.65. The molecule has 5 heteroatoms. The largest absolute Gasteiger partial charge is 0.362 e. The number of aryl methyl sites for hydroxylation is 1. The van der Waals surface area contributed by atoms with Gasteiger partial charge in [0.05, 0.1) is 6.54 Å². The summed E-state index contributed by atoms with van der Waals surface area (Å²) in [6.45, 7) is 5.69. The van der Waals surface area contributed by atoms with E-state index in [1.54, 1.807) is 17.9 Å². The van der Waals surface area contributed by atoms with E-state index in [0.717, 1.165) is 30.8 Å². The van der Waals surface area contributed by atoms with Crippen LogP contribution in [-0.2, 0) is 4.79 Å². The lowest BCUT2D eigenvalue weighted by Crippen LogP contribution is -2.35. The zero-order chi connectivity index (χ0) is 15.6. The Hall–Kier alpha value is -1.62. The SMILES string of the molecule is CNC(C)c1cc(F)c(C)cc1N1CCCN(C)C(=O)C1. The normalized spacial score (nSPS) is 17.9. The van der Waals surface area contributed by atoms with Crippen LogP contribution >= 0.6 is 0 Å². The lowest BCUT2D eigenvalue weighted by molar-refractivity contribution is -0.127. The molecule has 0 bridgehead atoms. The Bertz CT molecular complexity index is 532. The zero-order valence-corrected chi connectivity index (χ0v) is 13.2. The van der Waals surface area contributed by atoms with Crippen LogP contribution in [0.1, 0.15) is 30.5 Å². The predicted molar refractivity (Wildman–Crippen MR) is 83.1 cm³/mol. The Kier molecular flexibility index (Phi) is 4.83. The van der Waals surface area contributed by atoms with Crippen LogP contribution in [0.4, 0.5) is 10.1 Å². The second kappa shape index (κ2) is 6.43. The van der Waals surface area contributed by atoms with E-state index in [1.165, 1.54) is 0 Å². The molecule has 1 aromatic rings. The van der Waals surface area contributed by atoms with Crippen molar-refractivity contribution in [3.63, 3.8) is 0 Å². The van der Waals surface area contributed by atoms with Gasteiger partial charge in [-0.2, -0.15) is 0 Å². The van der Waals surface area contributed by atoms with Gasteiger partial charge in [0.15, 0.2) is 0 Å². The van der Waals surface area contributed by atoms with E-state index >= 15 is 0 Å². The quantitative estimate of drug-likeness (QED) is 0.927. The van der Waals surface area contributed by atoms with E-state index < -0.39 is 0 Å². The topological polar surface area (TPSA) is 35.6 Å². The average molecular weight is 293 g/mol. The molecule has 0 aromatic heterocycles. The van der Waals surface area contributed by atoms with Gasteiger partial charge in [0.1, 0.15) is 5.82 Å². The fraction of sp³-hybridized carbons (Fsp3) is 0.562. The third-order valence-corrected chi connectivity index (χ3v) is 4.22. The Morgan fingerprint density at radius 2 is 2.05 bits per heavy atom. The highest BCUT2D eigenvalue weighted by atomic mass is 19.1. The maximum Gasteiger partial charge on any atom is 0.241 e. The molecule has 0 aliphatic carbocycles. The molecule has 2 rings (SSSR count). The Labute approximate surface area is 125 Å². The molecule has 1 amide bonds. The van der Waals surface area contributed by atoms with Crippen molar-refractivity contribution in [1.82, 2.24) is 10.2 Å². The Morgan fingerprint density at radius 3 is 2.71 bits per heavy atom. The minimum Gasteiger partial charge on any atom is -0.362 e. The molecule has 21 heavy (non-hydrogen) atoms. The third-order valence-electron chi connectivity index (χ3n) is 4.22. The number of carbonyl (C=O) groups is 1. The molecule has 1 unspecified atom stereocenters. The molecule has 1 aliphatic rings. The van der Waals surface area contributed by atoms with Crippen LogP contribution in [0.5, 0.6) is 0 Å². The van der Waals surface area contributed by atoms with Gasteiger partial charge in [0.2, 0.25) is 5.91 Å². The molecule has 1 aliphatic heterocycles. The van der Waals surface area contributed by atoms with Gasteiger partial charge in [0.25, 0.3) is 0 Å². The van der Waals surface area contributed by atoms with Crippen LogP contribution in [-0.4, -0.2) is 44.5 Å². The maximum absolute atomic E-state index is 13.9. The number of carbonyl (C=O) groups excluding carboxylic acids is 1.